The van der Waals surface area contributed by atoms with Crippen molar-refractivity contribution in [3.63, 3.8) is 0 Å². The zero-order valence-corrected chi connectivity index (χ0v) is 17.3. The van der Waals surface area contributed by atoms with E-state index in [4.69, 9.17) is 9.73 Å². The lowest BCUT2D eigenvalue weighted by molar-refractivity contribution is 0.0951. The SMILES string of the molecule is COc1ccccc1C=Nc1sc2c(c1C(=O)NCc1ccccc1)CCCC2. The van der Waals surface area contributed by atoms with Crippen LogP contribution in [0.2, 0.25) is 0 Å². The number of hydrogen-bond donors (Lipinski definition) is 1. The Labute approximate surface area is 175 Å². The maximum Gasteiger partial charge on any atom is 0.254 e. The molecule has 0 aliphatic heterocycles. The minimum absolute atomic E-state index is 0.0413. The van der Waals surface area contributed by atoms with E-state index < -0.39 is 0 Å². The van der Waals surface area contributed by atoms with E-state index in [2.05, 4.69) is 5.32 Å². The first-order valence-electron chi connectivity index (χ1n) is 9.90. The second-order valence-corrected chi connectivity index (χ2v) is 8.14. The Balaban J connectivity index is 1.62. The minimum Gasteiger partial charge on any atom is -0.496 e. The maximum absolute atomic E-state index is 13.1. The summed E-state index contributed by atoms with van der Waals surface area (Å²) < 4.78 is 5.41. The number of carbonyl (C=O) groups is 1. The van der Waals surface area contributed by atoms with Crippen molar-refractivity contribution in [2.75, 3.05) is 7.11 Å². The van der Waals surface area contributed by atoms with Gasteiger partial charge >= 0.3 is 0 Å². The summed E-state index contributed by atoms with van der Waals surface area (Å²) in [4.78, 5) is 19.1. The molecule has 29 heavy (non-hydrogen) atoms. The van der Waals surface area contributed by atoms with E-state index in [0.29, 0.717) is 6.54 Å². The van der Waals surface area contributed by atoms with Crippen LogP contribution in [0.25, 0.3) is 0 Å². The number of hydrogen-bond acceptors (Lipinski definition) is 4. The average Bonchev–Trinajstić information content (AvgIpc) is 3.15. The van der Waals surface area contributed by atoms with Gasteiger partial charge in [-0.05, 0) is 48.9 Å². The van der Waals surface area contributed by atoms with Crippen LogP contribution in [0.4, 0.5) is 5.00 Å². The van der Waals surface area contributed by atoms with E-state index in [1.807, 2.05) is 54.6 Å². The first-order valence-corrected chi connectivity index (χ1v) is 10.7. The Kier molecular flexibility index (Phi) is 6.06. The Morgan fingerprint density at radius 3 is 2.69 bits per heavy atom. The van der Waals surface area contributed by atoms with Crippen LogP contribution in [0, 0.1) is 0 Å². The summed E-state index contributed by atoms with van der Waals surface area (Å²) in [6, 6.07) is 17.7. The molecule has 0 bridgehead atoms. The molecule has 0 fully saturated rings. The fourth-order valence-electron chi connectivity index (χ4n) is 3.64. The highest BCUT2D eigenvalue weighted by molar-refractivity contribution is 7.16. The van der Waals surface area contributed by atoms with Gasteiger partial charge in [0, 0.05) is 23.2 Å². The molecule has 1 amide bonds. The molecule has 0 saturated carbocycles. The van der Waals surface area contributed by atoms with Gasteiger partial charge in [0.15, 0.2) is 0 Å². The molecule has 0 atom stereocenters. The van der Waals surface area contributed by atoms with E-state index >= 15 is 0 Å². The number of benzene rings is 2. The normalized spacial score (nSPS) is 13.3. The number of aliphatic imine (C=N–C) groups is 1. The van der Waals surface area contributed by atoms with Crippen LogP contribution < -0.4 is 10.1 Å². The van der Waals surface area contributed by atoms with E-state index in [9.17, 15) is 4.79 Å². The first-order chi connectivity index (χ1) is 14.3. The summed E-state index contributed by atoms with van der Waals surface area (Å²) in [5.74, 6) is 0.730. The molecule has 1 aliphatic rings. The highest BCUT2D eigenvalue weighted by atomic mass is 32.1. The third-order valence-corrected chi connectivity index (χ3v) is 6.34. The lowest BCUT2D eigenvalue weighted by Crippen LogP contribution is -2.24. The van der Waals surface area contributed by atoms with Gasteiger partial charge in [0.25, 0.3) is 5.91 Å². The number of methoxy groups -OCH3 is 1. The zero-order valence-electron chi connectivity index (χ0n) is 16.5. The molecule has 0 radical (unpaired) electrons. The predicted molar refractivity (Wildman–Crippen MR) is 119 cm³/mol. The Bertz CT molecular complexity index is 1020. The third-order valence-electron chi connectivity index (χ3n) is 5.14. The third kappa shape index (κ3) is 4.40. The Hall–Kier alpha value is -2.92. The molecule has 148 valence electrons. The lowest BCUT2D eigenvalue weighted by atomic mass is 9.95. The molecule has 4 nitrogen and oxygen atoms in total. The molecular formula is C24H24N2O2S. The standard InChI is InChI=1S/C24H24N2O2S/c1-28-20-13-7-5-11-18(20)16-26-24-22(19-12-6-8-14-21(19)29-24)23(27)25-15-17-9-3-2-4-10-17/h2-5,7,9-11,13,16H,6,8,12,14-15H2,1H3,(H,25,27). The first kappa shape index (κ1) is 19.4. The smallest absolute Gasteiger partial charge is 0.254 e. The molecular weight excluding hydrogens is 380 g/mol. The second-order valence-electron chi connectivity index (χ2n) is 7.06. The van der Waals surface area contributed by atoms with Gasteiger partial charge in [-0.2, -0.15) is 0 Å². The molecule has 2 aromatic carbocycles. The summed E-state index contributed by atoms with van der Waals surface area (Å²) in [6.07, 6.45) is 6.07. The largest absolute Gasteiger partial charge is 0.496 e. The molecule has 0 saturated heterocycles. The molecule has 1 heterocycles. The Morgan fingerprint density at radius 2 is 1.86 bits per heavy atom. The number of carbonyl (C=O) groups excluding carboxylic acids is 1. The topological polar surface area (TPSA) is 50.7 Å². The van der Waals surface area contributed by atoms with Crippen molar-refractivity contribution in [2.45, 2.75) is 32.2 Å². The van der Waals surface area contributed by atoms with Crippen LogP contribution in [-0.2, 0) is 19.4 Å². The number of para-hydroxylation sites is 1. The van der Waals surface area contributed by atoms with E-state index in [1.54, 1.807) is 24.7 Å². The van der Waals surface area contributed by atoms with Gasteiger partial charge in [-0.15, -0.1) is 11.3 Å². The number of aryl methyl sites for hydroxylation is 1. The molecule has 5 heteroatoms. The number of ether oxygens (including phenoxy) is 1. The van der Waals surface area contributed by atoms with Crippen LogP contribution in [0.5, 0.6) is 5.75 Å². The Morgan fingerprint density at radius 1 is 1.10 bits per heavy atom. The lowest BCUT2D eigenvalue weighted by Gasteiger charge is -2.12. The van der Waals surface area contributed by atoms with Crippen LogP contribution in [0.3, 0.4) is 0 Å². The van der Waals surface area contributed by atoms with Crippen LogP contribution in [0.15, 0.2) is 59.6 Å². The van der Waals surface area contributed by atoms with Crippen molar-refractivity contribution < 1.29 is 9.53 Å². The number of amides is 1. The quantitative estimate of drug-likeness (QED) is 0.566. The number of nitrogens with one attached hydrogen (secondary N) is 1. The van der Waals surface area contributed by atoms with E-state index in [1.165, 1.54) is 16.9 Å². The molecule has 4 rings (SSSR count). The molecule has 1 aromatic heterocycles. The van der Waals surface area contributed by atoms with Gasteiger partial charge in [0.2, 0.25) is 0 Å². The van der Waals surface area contributed by atoms with Gasteiger partial charge in [-0.25, -0.2) is 4.99 Å². The summed E-state index contributed by atoms with van der Waals surface area (Å²) in [5.41, 5.74) is 3.91. The molecule has 0 unspecified atom stereocenters. The molecule has 0 spiro atoms. The van der Waals surface area contributed by atoms with Crippen molar-refractivity contribution in [2.24, 2.45) is 4.99 Å². The average molecular weight is 405 g/mol. The minimum atomic E-state index is -0.0413. The van der Waals surface area contributed by atoms with E-state index in [-0.39, 0.29) is 5.91 Å². The van der Waals surface area contributed by atoms with Crippen LogP contribution >= 0.6 is 11.3 Å². The van der Waals surface area contributed by atoms with Gasteiger partial charge in [-0.3, -0.25) is 4.79 Å². The van der Waals surface area contributed by atoms with Gasteiger partial charge < -0.3 is 10.1 Å². The monoisotopic (exact) mass is 404 g/mol. The highest BCUT2D eigenvalue weighted by Gasteiger charge is 2.25. The molecule has 3 aromatic rings. The number of nitrogens with zero attached hydrogens (tertiary/aromatic N) is 1. The molecule has 1 N–H and O–H groups in total. The highest BCUT2D eigenvalue weighted by Crippen LogP contribution is 2.40. The van der Waals surface area contributed by atoms with Crippen molar-refractivity contribution in [1.82, 2.24) is 5.32 Å². The van der Waals surface area contributed by atoms with Gasteiger partial charge in [0.1, 0.15) is 10.8 Å². The van der Waals surface area contributed by atoms with Gasteiger partial charge in [-0.1, -0.05) is 42.5 Å². The number of fused-ring (bicyclic) bond motifs is 1. The number of rotatable bonds is 6. The van der Waals surface area contributed by atoms with E-state index in [0.717, 1.165) is 46.7 Å². The summed E-state index contributed by atoms with van der Waals surface area (Å²) in [6.45, 7) is 0.514. The van der Waals surface area contributed by atoms with Crippen molar-refractivity contribution >= 4 is 28.5 Å². The molecule has 1 aliphatic carbocycles. The maximum atomic E-state index is 13.1. The number of thiophene rings is 1. The fraction of sp³-hybridized carbons (Fsp3) is 0.250. The summed E-state index contributed by atoms with van der Waals surface area (Å²) in [7, 11) is 1.65. The predicted octanol–water partition coefficient (Wildman–Crippen LogP) is 5.32. The van der Waals surface area contributed by atoms with Crippen molar-refractivity contribution in [1.29, 1.82) is 0 Å². The summed E-state index contributed by atoms with van der Waals surface area (Å²) in [5, 5.41) is 3.87. The summed E-state index contributed by atoms with van der Waals surface area (Å²) >= 11 is 1.65. The van der Waals surface area contributed by atoms with Crippen LogP contribution in [0.1, 0.15) is 44.8 Å². The second kappa shape index (κ2) is 9.05. The van der Waals surface area contributed by atoms with Crippen molar-refractivity contribution in [3.8, 4) is 5.75 Å². The van der Waals surface area contributed by atoms with Crippen LogP contribution in [-0.4, -0.2) is 19.2 Å². The zero-order chi connectivity index (χ0) is 20.1. The fourth-order valence-corrected chi connectivity index (χ4v) is 4.87. The van der Waals surface area contributed by atoms with Crippen molar-refractivity contribution in [3.05, 3.63) is 81.7 Å². The van der Waals surface area contributed by atoms with Gasteiger partial charge in [0.05, 0.1) is 12.7 Å².